The minimum absolute atomic E-state index is 0.129. The lowest BCUT2D eigenvalue weighted by molar-refractivity contribution is -0.140. The van der Waals surface area contributed by atoms with Gasteiger partial charge in [0.15, 0.2) is 0 Å². The minimum atomic E-state index is -3.79. The van der Waals surface area contributed by atoms with E-state index in [2.05, 4.69) is 10.6 Å². The van der Waals surface area contributed by atoms with Crippen LogP contribution < -0.4 is 10.6 Å². The first-order valence-corrected chi connectivity index (χ1v) is 11.1. The van der Waals surface area contributed by atoms with Crippen molar-refractivity contribution in [3.05, 3.63) is 54.0 Å². The standard InChI is InChI=1S/C20H25N3O6S/c1-15-5-7-17(8-6-15)30(26,27)23-11-3-13-29-18(23)14-22-20(25)19(24)21-10-9-16-4-2-12-28-16/h2,4-8,12,18H,3,9-11,13-14H2,1H3,(H,21,24)(H,22,25)/t18-/m1/s1. The molecule has 0 radical (unpaired) electrons. The maximum absolute atomic E-state index is 13.0. The van der Waals surface area contributed by atoms with Gasteiger partial charge in [-0.1, -0.05) is 17.7 Å². The Balaban J connectivity index is 1.55. The number of benzene rings is 1. The largest absolute Gasteiger partial charge is 0.469 e. The summed E-state index contributed by atoms with van der Waals surface area (Å²) in [7, 11) is -3.79. The fourth-order valence-corrected chi connectivity index (χ4v) is 4.61. The molecular weight excluding hydrogens is 410 g/mol. The molecule has 3 rings (SSSR count). The molecule has 162 valence electrons. The van der Waals surface area contributed by atoms with Crippen LogP contribution in [-0.4, -0.2) is 57.0 Å². The molecule has 1 aromatic carbocycles. The first-order valence-electron chi connectivity index (χ1n) is 9.66. The molecule has 1 aliphatic rings. The molecule has 0 aliphatic carbocycles. The molecule has 0 spiro atoms. The van der Waals surface area contributed by atoms with Gasteiger partial charge in [0, 0.05) is 19.5 Å². The fourth-order valence-electron chi connectivity index (χ4n) is 3.04. The molecule has 2 aromatic rings. The number of furan rings is 1. The van der Waals surface area contributed by atoms with Crippen LogP contribution in [0.15, 0.2) is 52.0 Å². The van der Waals surface area contributed by atoms with Crippen LogP contribution in [0.1, 0.15) is 17.7 Å². The van der Waals surface area contributed by atoms with E-state index in [1.807, 2.05) is 6.92 Å². The van der Waals surface area contributed by atoms with E-state index in [0.29, 0.717) is 25.2 Å². The number of hydrogen-bond donors (Lipinski definition) is 2. The Morgan fingerprint density at radius 3 is 2.57 bits per heavy atom. The monoisotopic (exact) mass is 435 g/mol. The van der Waals surface area contributed by atoms with E-state index in [4.69, 9.17) is 9.15 Å². The van der Waals surface area contributed by atoms with Crippen molar-refractivity contribution in [2.45, 2.75) is 30.9 Å². The van der Waals surface area contributed by atoms with Gasteiger partial charge in [0.1, 0.15) is 12.0 Å². The highest BCUT2D eigenvalue weighted by atomic mass is 32.2. The lowest BCUT2D eigenvalue weighted by atomic mass is 10.2. The lowest BCUT2D eigenvalue weighted by Crippen LogP contribution is -2.53. The number of amides is 2. The van der Waals surface area contributed by atoms with Gasteiger partial charge >= 0.3 is 11.8 Å². The number of nitrogens with zero attached hydrogens (tertiary/aromatic N) is 1. The van der Waals surface area contributed by atoms with Crippen molar-refractivity contribution < 1.29 is 27.2 Å². The molecule has 2 heterocycles. The number of carbonyl (C=O) groups excluding carboxylic acids is 2. The summed E-state index contributed by atoms with van der Waals surface area (Å²) in [6, 6.07) is 10.0. The van der Waals surface area contributed by atoms with Crippen LogP contribution in [0.25, 0.3) is 0 Å². The summed E-state index contributed by atoms with van der Waals surface area (Å²) in [5, 5.41) is 4.95. The van der Waals surface area contributed by atoms with Gasteiger partial charge in [0.05, 0.1) is 24.3 Å². The summed E-state index contributed by atoms with van der Waals surface area (Å²) in [6.45, 7) is 2.63. The molecule has 0 saturated carbocycles. The van der Waals surface area contributed by atoms with Gasteiger partial charge in [-0.3, -0.25) is 9.59 Å². The zero-order chi connectivity index (χ0) is 21.6. The third-order valence-electron chi connectivity index (χ3n) is 4.66. The first kappa shape index (κ1) is 22.0. The summed E-state index contributed by atoms with van der Waals surface area (Å²) in [5.74, 6) is -0.954. The fraction of sp³-hybridized carbons (Fsp3) is 0.400. The Hall–Kier alpha value is -2.69. The van der Waals surface area contributed by atoms with Crippen LogP contribution in [0.4, 0.5) is 0 Å². The SMILES string of the molecule is Cc1ccc(S(=O)(=O)N2CCCO[C@@H]2CNC(=O)C(=O)NCCc2ccco2)cc1. The number of nitrogens with one attached hydrogen (secondary N) is 2. The maximum Gasteiger partial charge on any atom is 0.309 e. The zero-order valence-electron chi connectivity index (χ0n) is 16.7. The summed E-state index contributed by atoms with van der Waals surface area (Å²) >= 11 is 0. The van der Waals surface area contributed by atoms with Crippen molar-refractivity contribution >= 4 is 21.8 Å². The first-order chi connectivity index (χ1) is 14.4. The van der Waals surface area contributed by atoms with Gasteiger partial charge in [-0.2, -0.15) is 4.31 Å². The van der Waals surface area contributed by atoms with E-state index in [-0.39, 0.29) is 24.5 Å². The number of carbonyl (C=O) groups is 2. The number of rotatable bonds is 7. The average molecular weight is 436 g/mol. The quantitative estimate of drug-likeness (QED) is 0.621. The Morgan fingerprint density at radius 2 is 1.87 bits per heavy atom. The van der Waals surface area contributed by atoms with Gasteiger partial charge in [0.2, 0.25) is 10.0 Å². The van der Waals surface area contributed by atoms with Crippen molar-refractivity contribution in [3.8, 4) is 0 Å². The van der Waals surface area contributed by atoms with Crippen LogP contribution in [-0.2, 0) is 30.8 Å². The second kappa shape index (κ2) is 9.88. The number of aryl methyl sites for hydroxylation is 1. The van der Waals surface area contributed by atoms with Gasteiger partial charge < -0.3 is 19.8 Å². The highest BCUT2D eigenvalue weighted by Gasteiger charge is 2.34. The molecule has 9 nitrogen and oxygen atoms in total. The topological polar surface area (TPSA) is 118 Å². The molecule has 1 aromatic heterocycles. The third-order valence-corrected chi connectivity index (χ3v) is 6.57. The van der Waals surface area contributed by atoms with E-state index in [1.54, 1.807) is 36.4 Å². The molecule has 0 unspecified atom stereocenters. The highest BCUT2D eigenvalue weighted by Crippen LogP contribution is 2.22. The normalized spacial score (nSPS) is 17.4. The molecule has 1 atom stereocenters. The Labute approximate surface area is 175 Å². The highest BCUT2D eigenvalue weighted by molar-refractivity contribution is 7.89. The number of ether oxygens (including phenoxy) is 1. The lowest BCUT2D eigenvalue weighted by Gasteiger charge is -2.34. The van der Waals surface area contributed by atoms with Crippen molar-refractivity contribution in [1.82, 2.24) is 14.9 Å². The smallest absolute Gasteiger partial charge is 0.309 e. The van der Waals surface area contributed by atoms with Crippen LogP contribution in [0.2, 0.25) is 0 Å². The third kappa shape index (κ3) is 5.47. The summed E-state index contributed by atoms with van der Waals surface area (Å²) in [4.78, 5) is 24.2. The van der Waals surface area contributed by atoms with Gasteiger partial charge in [-0.15, -0.1) is 0 Å². The second-order valence-corrected chi connectivity index (χ2v) is 8.79. The van der Waals surface area contributed by atoms with Crippen molar-refractivity contribution in [2.24, 2.45) is 0 Å². The summed E-state index contributed by atoms with van der Waals surface area (Å²) in [6.07, 6.45) is 1.65. The van der Waals surface area contributed by atoms with E-state index < -0.39 is 28.1 Å². The molecule has 2 N–H and O–H groups in total. The minimum Gasteiger partial charge on any atom is -0.469 e. The van der Waals surface area contributed by atoms with E-state index >= 15 is 0 Å². The van der Waals surface area contributed by atoms with E-state index in [9.17, 15) is 18.0 Å². The molecule has 1 saturated heterocycles. The zero-order valence-corrected chi connectivity index (χ0v) is 17.5. The second-order valence-electron chi connectivity index (χ2n) is 6.90. The maximum atomic E-state index is 13.0. The van der Waals surface area contributed by atoms with Crippen molar-refractivity contribution in [1.29, 1.82) is 0 Å². The van der Waals surface area contributed by atoms with Crippen LogP contribution >= 0.6 is 0 Å². The van der Waals surface area contributed by atoms with Crippen molar-refractivity contribution in [2.75, 3.05) is 26.2 Å². The average Bonchev–Trinajstić information content (AvgIpc) is 3.26. The molecule has 30 heavy (non-hydrogen) atoms. The van der Waals surface area contributed by atoms with Gasteiger partial charge in [0.25, 0.3) is 0 Å². The molecule has 2 amide bonds. The molecule has 0 bridgehead atoms. The Bertz CT molecular complexity index is 957. The Morgan fingerprint density at radius 1 is 1.13 bits per heavy atom. The van der Waals surface area contributed by atoms with Gasteiger partial charge in [-0.05, 0) is 37.6 Å². The predicted molar refractivity (Wildman–Crippen MR) is 108 cm³/mol. The predicted octanol–water partition coefficient (Wildman–Crippen LogP) is 0.800. The molecule has 1 fully saturated rings. The van der Waals surface area contributed by atoms with Crippen LogP contribution in [0, 0.1) is 6.92 Å². The van der Waals surface area contributed by atoms with Crippen molar-refractivity contribution in [3.63, 3.8) is 0 Å². The Kier molecular flexibility index (Phi) is 7.24. The summed E-state index contributed by atoms with van der Waals surface area (Å²) < 4.78 is 37.9. The molecular formula is C20H25N3O6S. The van der Waals surface area contributed by atoms with Crippen LogP contribution in [0.3, 0.4) is 0 Å². The summed E-state index contributed by atoms with van der Waals surface area (Å²) in [5.41, 5.74) is 0.950. The van der Waals surface area contributed by atoms with Gasteiger partial charge in [-0.25, -0.2) is 8.42 Å². The molecule has 1 aliphatic heterocycles. The number of hydrogen-bond acceptors (Lipinski definition) is 6. The molecule has 10 heteroatoms. The van der Waals surface area contributed by atoms with Crippen LogP contribution in [0.5, 0.6) is 0 Å². The van der Waals surface area contributed by atoms with E-state index in [1.165, 1.54) is 10.6 Å². The van der Waals surface area contributed by atoms with E-state index in [0.717, 1.165) is 5.56 Å². The number of sulfonamides is 1.